The molecule has 1 aliphatic rings. The molecule has 15 heavy (non-hydrogen) atoms. The van der Waals surface area contributed by atoms with Gasteiger partial charge in [-0.3, -0.25) is 0 Å². The van der Waals surface area contributed by atoms with Gasteiger partial charge in [0.2, 0.25) is 0 Å². The van der Waals surface area contributed by atoms with E-state index >= 15 is 0 Å². The van der Waals surface area contributed by atoms with Crippen molar-refractivity contribution in [2.75, 3.05) is 13.1 Å². The Morgan fingerprint density at radius 1 is 1.20 bits per heavy atom. The number of hydrogen-bond donors (Lipinski definition) is 1. The lowest BCUT2D eigenvalue weighted by Crippen LogP contribution is -2.33. The maximum absolute atomic E-state index is 3.67. The highest BCUT2D eigenvalue weighted by molar-refractivity contribution is 4.87. The molecule has 0 aliphatic heterocycles. The van der Waals surface area contributed by atoms with Crippen molar-refractivity contribution in [2.45, 2.75) is 65.7 Å². The second-order valence-corrected chi connectivity index (χ2v) is 5.84. The molecule has 1 rings (SSSR count). The zero-order valence-electron chi connectivity index (χ0n) is 10.9. The molecule has 0 aromatic heterocycles. The molecule has 0 amide bonds. The van der Waals surface area contributed by atoms with Crippen LogP contribution in [0.2, 0.25) is 0 Å². The summed E-state index contributed by atoms with van der Waals surface area (Å²) in [6.07, 6.45) is 9.91. The van der Waals surface area contributed by atoms with Crippen LogP contribution >= 0.6 is 0 Å². The normalized spacial score (nSPS) is 20.0. The SMILES string of the molecule is CCCCNCC1(CC(C)C)CCCC1. The fraction of sp³-hybridized carbons (Fsp3) is 1.00. The van der Waals surface area contributed by atoms with Crippen molar-refractivity contribution in [1.29, 1.82) is 0 Å². The van der Waals surface area contributed by atoms with Crippen LogP contribution in [-0.4, -0.2) is 13.1 Å². The molecule has 0 bridgehead atoms. The van der Waals surface area contributed by atoms with Crippen LogP contribution in [0.3, 0.4) is 0 Å². The van der Waals surface area contributed by atoms with E-state index in [9.17, 15) is 0 Å². The highest BCUT2D eigenvalue weighted by Gasteiger charge is 2.33. The number of nitrogens with one attached hydrogen (secondary N) is 1. The standard InChI is InChI=1S/C14H29N/c1-4-5-10-15-12-14(11-13(2)3)8-6-7-9-14/h13,15H,4-12H2,1-3H3. The van der Waals surface area contributed by atoms with E-state index in [-0.39, 0.29) is 0 Å². The lowest BCUT2D eigenvalue weighted by Gasteiger charge is -2.31. The average Bonchev–Trinajstić information content (AvgIpc) is 2.61. The van der Waals surface area contributed by atoms with Crippen molar-refractivity contribution in [3.05, 3.63) is 0 Å². The predicted molar refractivity (Wildman–Crippen MR) is 68.1 cm³/mol. The maximum Gasteiger partial charge on any atom is 0.000790 e. The summed E-state index contributed by atoms with van der Waals surface area (Å²) in [5.74, 6) is 0.857. The fourth-order valence-electron chi connectivity index (χ4n) is 3.10. The Morgan fingerprint density at radius 2 is 1.87 bits per heavy atom. The predicted octanol–water partition coefficient (Wildman–Crippen LogP) is 3.98. The minimum Gasteiger partial charge on any atom is -0.316 e. The summed E-state index contributed by atoms with van der Waals surface area (Å²) in [7, 11) is 0. The fourth-order valence-corrected chi connectivity index (χ4v) is 3.10. The summed E-state index contributed by atoms with van der Waals surface area (Å²) in [5, 5.41) is 3.67. The molecule has 1 heteroatoms. The smallest absolute Gasteiger partial charge is 0.000790 e. The van der Waals surface area contributed by atoms with Gasteiger partial charge in [0.15, 0.2) is 0 Å². The van der Waals surface area contributed by atoms with Crippen molar-refractivity contribution in [3.8, 4) is 0 Å². The first kappa shape index (κ1) is 13.0. The van der Waals surface area contributed by atoms with E-state index < -0.39 is 0 Å². The first-order valence-electron chi connectivity index (χ1n) is 6.89. The van der Waals surface area contributed by atoms with Crippen LogP contribution in [0.25, 0.3) is 0 Å². The number of rotatable bonds is 7. The zero-order chi connectivity index (χ0) is 11.1. The summed E-state index contributed by atoms with van der Waals surface area (Å²) in [6.45, 7) is 9.49. The molecule has 0 atom stereocenters. The molecule has 1 aliphatic carbocycles. The maximum atomic E-state index is 3.67. The first-order chi connectivity index (χ1) is 7.18. The first-order valence-corrected chi connectivity index (χ1v) is 6.89. The Labute approximate surface area is 96.0 Å². The molecule has 0 spiro atoms. The molecule has 0 aromatic rings. The number of unbranched alkanes of at least 4 members (excludes halogenated alkanes) is 1. The van der Waals surface area contributed by atoms with Crippen molar-refractivity contribution in [3.63, 3.8) is 0 Å². The molecule has 1 N–H and O–H groups in total. The number of hydrogen-bond acceptors (Lipinski definition) is 1. The van der Waals surface area contributed by atoms with E-state index in [4.69, 9.17) is 0 Å². The van der Waals surface area contributed by atoms with Crippen molar-refractivity contribution in [2.24, 2.45) is 11.3 Å². The van der Waals surface area contributed by atoms with Crippen LogP contribution < -0.4 is 5.32 Å². The summed E-state index contributed by atoms with van der Waals surface area (Å²) in [5.41, 5.74) is 0.655. The van der Waals surface area contributed by atoms with Crippen LogP contribution in [-0.2, 0) is 0 Å². The molecule has 0 radical (unpaired) electrons. The molecule has 90 valence electrons. The van der Waals surface area contributed by atoms with Gasteiger partial charge in [-0.1, -0.05) is 40.0 Å². The second-order valence-electron chi connectivity index (χ2n) is 5.84. The van der Waals surface area contributed by atoms with E-state index in [0.29, 0.717) is 5.41 Å². The van der Waals surface area contributed by atoms with Gasteiger partial charge in [0.1, 0.15) is 0 Å². The lowest BCUT2D eigenvalue weighted by molar-refractivity contribution is 0.224. The van der Waals surface area contributed by atoms with E-state index in [1.807, 2.05) is 0 Å². The van der Waals surface area contributed by atoms with Gasteiger partial charge < -0.3 is 5.32 Å². The summed E-state index contributed by atoms with van der Waals surface area (Å²) < 4.78 is 0. The highest BCUT2D eigenvalue weighted by Crippen LogP contribution is 2.42. The molecule has 1 nitrogen and oxygen atoms in total. The molecular formula is C14H29N. The average molecular weight is 211 g/mol. The van der Waals surface area contributed by atoms with Gasteiger partial charge in [-0.15, -0.1) is 0 Å². The molecular weight excluding hydrogens is 182 g/mol. The van der Waals surface area contributed by atoms with E-state index in [2.05, 4.69) is 26.1 Å². The van der Waals surface area contributed by atoms with E-state index in [1.165, 1.54) is 58.0 Å². The van der Waals surface area contributed by atoms with E-state index in [0.717, 1.165) is 5.92 Å². The Balaban J connectivity index is 2.29. The second kappa shape index (κ2) is 6.52. The topological polar surface area (TPSA) is 12.0 Å². The van der Waals surface area contributed by atoms with Gasteiger partial charge in [0.25, 0.3) is 0 Å². The van der Waals surface area contributed by atoms with Gasteiger partial charge in [0, 0.05) is 6.54 Å². The molecule has 0 heterocycles. The van der Waals surface area contributed by atoms with Gasteiger partial charge >= 0.3 is 0 Å². The van der Waals surface area contributed by atoms with Gasteiger partial charge in [-0.25, -0.2) is 0 Å². The van der Waals surface area contributed by atoms with Crippen LogP contribution in [0.4, 0.5) is 0 Å². The quantitative estimate of drug-likeness (QED) is 0.628. The van der Waals surface area contributed by atoms with E-state index in [1.54, 1.807) is 0 Å². The van der Waals surface area contributed by atoms with Crippen molar-refractivity contribution in [1.82, 2.24) is 5.32 Å². The molecule has 0 unspecified atom stereocenters. The lowest BCUT2D eigenvalue weighted by atomic mass is 9.78. The Hall–Kier alpha value is -0.0400. The molecule has 1 fully saturated rings. The third-order valence-corrected chi connectivity index (χ3v) is 3.71. The van der Waals surface area contributed by atoms with Gasteiger partial charge in [-0.05, 0) is 43.6 Å². The summed E-state index contributed by atoms with van der Waals surface area (Å²) in [6, 6.07) is 0. The minimum atomic E-state index is 0.655. The molecule has 0 aromatic carbocycles. The zero-order valence-corrected chi connectivity index (χ0v) is 10.9. The van der Waals surface area contributed by atoms with Crippen LogP contribution in [0.5, 0.6) is 0 Å². The van der Waals surface area contributed by atoms with Crippen LogP contribution in [0.1, 0.15) is 65.7 Å². The highest BCUT2D eigenvalue weighted by atomic mass is 14.9. The molecule has 1 saturated carbocycles. The van der Waals surface area contributed by atoms with Gasteiger partial charge in [0.05, 0.1) is 0 Å². The van der Waals surface area contributed by atoms with Crippen LogP contribution in [0.15, 0.2) is 0 Å². The summed E-state index contributed by atoms with van der Waals surface area (Å²) in [4.78, 5) is 0. The van der Waals surface area contributed by atoms with Gasteiger partial charge in [-0.2, -0.15) is 0 Å². The Morgan fingerprint density at radius 3 is 2.40 bits per heavy atom. The van der Waals surface area contributed by atoms with Crippen molar-refractivity contribution >= 4 is 0 Å². The van der Waals surface area contributed by atoms with Crippen LogP contribution in [0, 0.1) is 11.3 Å². The summed E-state index contributed by atoms with van der Waals surface area (Å²) >= 11 is 0. The van der Waals surface area contributed by atoms with Crippen molar-refractivity contribution < 1.29 is 0 Å². The molecule has 0 saturated heterocycles. The monoisotopic (exact) mass is 211 g/mol. The Bertz CT molecular complexity index is 157. The Kier molecular flexibility index (Phi) is 5.66. The largest absolute Gasteiger partial charge is 0.316 e. The third kappa shape index (κ3) is 4.55. The third-order valence-electron chi connectivity index (χ3n) is 3.71. The minimum absolute atomic E-state index is 0.655.